The zero-order valence-corrected chi connectivity index (χ0v) is 26.6. The average Bonchev–Trinajstić information content (AvgIpc) is 2.98. The number of carbonyl (C=O) groups excluding carboxylic acids is 3. The van der Waals surface area contributed by atoms with Crippen molar-refractivity contribution in [2.45, 2.75) is 98.1 Å². The van der Waals surface area contributed by atoms with Gasteiger partial charge in [0.05, 0.1) is 13.2 Å². The van der Waals surface area contributed by atoms with E-state index in [2.05, 4.69) is 17.3 Å². The molecule has 2 rings (SSSR count). The number of benzene rings is 1. The Bertz CT molecular complexity index is 1390. The van der Waals surface area contributed by atoms with Crippen LogP contribution in [0.4, 0.5) is 5.82 Å². The maximum absolute atomic E-state index is 13.1. The van der Waals surface area contributed by atoms with Gasteiger partial charge >= 0.3 is 17.6 Å². The summed E-state index contributed by atoms with van der Waals surface area (Å²) >= 11 is 0. The number of carbonyl (C=O) groups is 3. The standard InChI is InChI=1S/C32H46N4O8/c1-6-9-10-11-14-22-35-29(39)28(34-36(31(35)41)26(37)19-20-27(38)42-7-2)33-21-13-12-16-24-17-15-18-25(23-24)44-32(4,5)30(40)43-8-3/h15,17-20,23H,6-14,16,21-22H2,1-5H3,(H,33,34). The molecular formula is C32H46N4O8. The maximum Gasteiger partial charge on any atom is 0.355 e. The Balaban J connectivity index is 2.09. The van der Waals surface area contributed by atoms with Crippen molar-refractivity contribution in [2.75, 3.05) is 25.1 Å². The first-order valence-corrected chi connectivity index (χ1v) is 15.4. The van der Waals surface area contributed by atoms with Crippen molar-refractivity contribution in [3.8, 4) is 5.75 Å². The van der Waals surface area contributed by atoms with Gasteiger partial charge in [-0.1, -0.05) is 44.7 Å². The minimum atomic E-state index is -1.12. The van der Waals surface area contributed by atoms with Gasteiger partial charge in [0, 0.05) is 25.2 Å². The van der Waals surface area contributed by atoms with E-state index < -0.39 is 34.7 Å². The number of hydrogen-bond donors (Lipinski definition) is 1. The first kappa shape index (κ1) is 36.0. The third kappa shape index (κ3) is 11.5. The summed E-state index contributed by atoms with van der Waals surface area (Å²) in [5, 5.41) is 6.97. The first-order valence-electron chi connectivity index (χ1n) is 15.4. The summed E-state index contributed by atoms with van der Waals surface area (Å²) in [5.74, 6) is -1.59. The average molecular weight is 615 g/mol. The minimum Gasteiger partial charge on any atom is -0.476 e. The Morgan fingerprint density at radius 2 is 1.66 bits per heavy atom. The largest absolute Gasteiger partial charge is 0.476 e. The lowest BCUT2D eigenvalue weighted by Crippen LogP contribution is -2.44. The maximum atomic E-state index is 13.1. The highest BCUT2D eigenvalue weighted by Crippen LogP contribution is 2.22. The second-order valence-electron chi connectivity index (χ2n) is 10.7. The van der Waals surface area contributed by atoms with Crippen LogP contribution in [0.2, 0.25) is 0 Å². The number of anilines is 1. The number of esters is 2. The Hall–Kier alpha value is -4.22. The van der Waals surface area contributed by atoms with Crippen LogP contribution in [-0.4, -0.2) is 57.6 Å². The van der Waals surface area contributed by atoms with Crippen molar-refractivity contribution >= 4 is 23.7 Å². The molecule has 0 aliphatic heterocycles. The van der Waals surface area contributed by atoms with Gasteiger partial charge in [0.25, 0.3) is 11.5 Å². The monoisotopic (exact) mass is 614 g/mol. The van der Waals surface area contributed by atoms with Crippen LogP contribution in [0, 0.1) is 0 Å². The summed E-state index contributed by atoms with van der Waals surface area (Å²) in [6.07, 6.45) is 8.49. The van der Waals surface area contributed by atoms with Crippen LogP contribution < -0.4 is 21.3 Å². The van der Waals surface area contributed by atoms with Gasteiger partial charge in [0.15, 0.2) is 5.60 Å². The fourth-order valence-electron chi connectivity index (χ4n) is 4.31. The van der Waals surface area contributed by atoms with E-state index >= 15 is 0 Å². The Morgan fingerprint density at radius 1 is 0.932 bits per heavy atom. The highest BCUT2D eigenvalue weighted by atomic mass is 16.6. The van der Waals surface area contributed by atoms with Gasteiger partial charge in [-0.2, -0.15) is 0 Å². The normalized spacial score (nSPS) is 11.4. The van der Waals surface area contributed by atoms with Crippen molar-refractivity contribution in [3.63, 3.8) is 0 Å². The molecule has 0 aliphatic rings. The first-order chi connectivity index (χ1) is 21.0. The molecule has 1 aromatic carbocycles. The molecule has 0 saturated heterocycles. The third-order valence-electron chi connectivity index (χ3n) is 6.63. The molecule has 1 heterocycles. The van der Waals surface area contributed by atoms with Crippen LogP contribution in [0.3, 0.4) is 0 Å². The zero-order valence-electron chi connectivity index (χ0n) is 26.6. The van der Waals surface area contributed by atoms with Crippen LogP contribution in [0.1, 0.15) is 89.9 Å². The molecule has 2 aromatic rings. The smallest absolute Gasteiger partial charge is 0.355 e. The molecule has 0 saturated carbocycles. The van der Waals surface area contributed by atoms with E-state index in [1.54, 1.807) is 33.8 Å². The lowest BCUT2D eigenvalue weighted by Gasteiger charge is -2.24. The van der Waals surface area contributed by atoms with E-state index in [-0.39, 0.29) is 25.6 Å². The number of ether oxygens (including phenoxy) is 3. The van der Waals surface area contributed by atoms with Gasteiger partial charge in [0.1, 0.15) is 5.75 Å². The number of nitrogens with one attached hydrogen (secondary N) is 1. The Labute approximate surface area is 258 Å². The van der Waals surface area contributed by atoms with Crippen molar-refractivity contribution in [2.24, 2.45) is 0 Å². The van der Waals surface area contributed by atoms with E-state index in [0.29, 0.717) is 36.2 Å². The summed E-state index contributed by atoms with van der Waals surface area (Å²) in [6, 6.07) is 7.48. The number of rotatable bonds is 19. The van der Waals surface area contributed by atoms with Crippen molar-refractivity contribution in [1.82, 2.24) is 14.3 Å². The number of aromatic nitrogens is 3. The van der Waals surface area contributed by atoms with E-state index in [0.717, 1.165) is 54.4 Å². The molecule has 242 valence electrons. The van der Waals surface area contributed by atoms with Crippen LogP contribution in [0.25, 0.3) is 0 Å². The summed E-state index contributed by atoms with van der Waals surface area (Å²) in [4.78, 5) is 62.7. The van der Waals surface area contributed by atoms with Crippen LogP contribution in [0.15, 0.2) is 46.0 Å². The summed E-state index contributed by atoms with van der Waals surface area (Å²) in [5.41, 5.74) is -1.57. The van der Waals surface area contributed by atoms with E-state index in [4.69, 9.17) is 14.2 Å². The molecule has 0 atom stereocenters. The fourth-order valence-corrected chi connectivity index (χ4v) is 4.31. The van der Waals surface area contributed by atoms with Crippen LogP contribution >= 0.6 is 0 Å². The zero-order chi connectivity index (χ0) is 32.5. The molecule has 44 heavy (non-hydrogen) atoms. The highest BCUT2D eigenvalue weighted by molar-refractivity contribution is 5.95. The predicted molar refractivity (Wildman–Crippen MR) is 167 cm³/mol. The van der Waals surface area contributed by atoms with Crippen molar-refractivity contribution in [1.29, 1.82) is 0 Å². The summed E-state index contributed by atoms with van der Waals surface area (Å²) in [7, 11) is 0. The molecule has 1 N–H and O–H groups in total. The number of allylic oxidation sites excluding steroid dienone is 1. The molecular weight excluding hydrogens is 568 g/mol. The SMILES string of the molecule is CCCCCCCn1c(=O)c(NCCCCc2cccc(OC(C)(C)C(=O)OCC)c2)nn(C(=O)C=CC(=O)OCC)c1=O. The molecule has 12 nitrogen and oxygen atoms in total. The molecule has 0 bridgehead atoms. The van der Waals surface area contributed by atoms with Gasteiger partial charge in [-0.3, -0.25) is 14.2 Å². The molecule has 0 amide bonds. The highest BCUT2D eigenvalue weighted by Gasteiger charge is 2.31. The van der Waals surface area contributed by atoms with Gasteiger partial charge in [-0.15, -0.1) is 9.78 Å². The molecule has 0 spiro atoms. The number of aryl methyl sites for hydroxylation is 1. The Kier molecular flexibility index (Phi) is 15.1. The number of unbranched alkanes of at least 4 members (excludes halogenated alkanes) is 5. The quantitative estimate of drug-likeness (QED) is 0.138. The van der Waals surface area contributed by atoms with Gasteiger partial charge < -0.3 is 19.5 Å². The molecule has 1 aromatic heterocycles. The second kappa shape index (κ2) is 18.4. The predicted octanol–water partition coefficient (Wildman–Crippen LogP) is 4.29. The lowest BCUT2D eigenvalue weighted by atomic mass is 10.1. The lowest BCUT2D eigenvalue weighted by molar-refractivity contribution is -0.158. The minimum absolute atomic E-state index is 0.118. The summed E-state index contributed by atoms with van der Waals surface area (Å²) in [6.45, 7) is 9.72. The second-order valence-corrected chi connectivity index (χ2v) is 10.7. The van der Waals surface area contributed by atoms with E-state index in [1.165, 1.54) is 0 Å². The van der Waals surface area contributed by atoms with Crippen molar-refractivity contribution < 1.29 is 28.6 Å². The van der Waals surface area contributed by atoms with Gasteiger partial charge in [0.2, 0.25) is 5.82 Å². The third-order valence-corrected chi connectivity index (χ3v) is 6.63. The van der Waals surface area contributed by atoms with Crippen molar-refractivity contribution in [3.05, 3.63) is 62.8 Å². The molecule has 0 fully saturated rings. The van der Waals surface area contributed by atoms with Gasteiger partial charge in [-0.25, -0.2) is 14.4 Å². The van der Waals surface area contributed by atoms with E-state index in [1.807, 2.05) is 18.2 Å². The van der Waals surface area contributed by atoms with Crippen LogP contribution in [0.5, 0.6) is 5.75 Å². The fraction of sp³-hybridized carbons (Fsp3) is 0.562. The molecule has 0 unspecified atom stereocenters. The van der Waals surface area contributed by atoms with E-state index in [9.17, 15) is 24.0 Å². The molecule has 0 aliphatic carbocycles. The molecule has 12 heteroatoms. The molecule has 0 radical (unpaired) electrons. The number of nitrogens with zero attached hydrogens (tertiary/aromatic N) is 3. The Morgan fingerprint density at radius 3 is 2.36 bits per heavy atom. The summed E-state index contributed by atoms with van der Waals surface area (Å²) < 4.78 is 17.4. The van der Waals surface area contributed by atoms with Gasteiger partial charge in [-0.05, 0) is 71.1 Å². The topological polar surface area (TPSA) is 148 Å². The number of hydrogen-bond acceptors (Lipinski definition) is 10. The van der Waals surface area contributed by atoms with Crippen LogP contribution in [-0.2, 0) is 32.0 Å².